The van der Waals surface area contributed by atoms with Crippen molar-refractivity contribution in [3.63, 3.8) is 0 Å². The summed E-state index contributed by atoms with van der Waals surface area (Å²) in [4.78, 5) is 0. The molecule has 56 heavy (non-hydrogen) atoms. The molecule has 2 aliphatic carbocycles. The first kappa shape index (κ1) is 30.2. The van der Waals surface area contributed by atoms with Crippen molar-refractivity contribution < 1.29 is 0 Å². The molecule has 0 N–H and O–H groups in total. The number of para-hydroxylation sites is 4. The van der Waals surface area contributed by atoms with Crippen LogP contribution in [0.5, 0.6) is 0 Å². The second-order valence-electron chi connectivity index (χ2n) is 16.4. The van der Waals surface area contributed by atoms with E-state index >= 15 is 0 Å². The van der Waals surface area contributed by atoms with Crippen LogP contribution in [0.3, 0.4) is 0 Å². The molecule has 2 aromatic heterocycles. The molecule has 3 aliphatic rings. The van der Waals surface area contributed by atoms with Crippen molar-refractivity contribution in [2.45, 2.75) is 24.7 Å². The summed E-state index contributed by atoms with van der Waals surface area (Å²) in [5, 5.41) is 14.8. The number of fused-ring (bicyclic) bond motifs is 18. The molecule has 3 heterocycles. The van der Waals surface area contributed by atoms with E-state index in [-0.39, 0.29) is 5.41 Å². The molecule has 0 bridgehead atoms. The first-order valence-electron chi connectivity index (χ1n) is 19.5. The molecule has 0 radical (unpaired) electrons. The molecule has 10 aromatic rings. The van der Waals surface area contributed by atoms with Crippen molar-refractivity contribution >= 4 is 43.6 Å². The lowest BCUT2D eigenvalue weighted by atomic mass is 9.65. The van der Waals surface area contributed by atoms with Gasteiger partial charge in [-0.3, -0.25) is 0 Å². The molecular weight excluding hydrogens is 679 g/mol. The van der Waals surface area contributed by atoms with Crippen LogP contribution >= 0.6 is 0 Å². The van der Waals surface area contributed by atoms with Gasteiger partial charge in [-0.15, -0.1) is 0 Å². The summed E-state index contributed by atoms with van der Waals surface area (Å²) in [7, 11) is 0. The van der Waals surface area contributed by atoms with Crippen LogP contribution in [0.15, 0.2) is 164 Å². The van der Waals surface area contributed by atoms with E-state index in [9.17, 15) is 5.26 Å². The first-order valence-corrected chi connectivity index (χ1v) is 19.5. The van der Waals surface area contributed by atoms with E-state index in [0.717, 1.165) is 5.69 Å². The van der Waals surface area contributed by atoms with E-state index in [2.05, 4.69) is 187 Å². The molecule has 8 aromatic carbocycles. The van der Waals surface area contributed by atoms with Gasteiger partial charge in [0.1, 0.15) is 0 Å². The number of benzene rings is 8. The number of nitrogens with zero attached hydrogens (tertiary/aromatic N) is 3. The van der Waals surface area contributed by atoms with Crippen molar-refractivity contribution in [1.29, 1.82) is 5.26 Å². The first-order chi connectivity index (χ1) is 27.5. The topological polar surface area (TPSA) is 33.6 Å². The van der Waals surface area contributed by atoms with Crippen LogP contribution in [-0.2, 0) is 10.8 Å². The third kappa shape index (κ3) is 3.37. The predicted octanol–water partition coefficient (Wildman–Crippen LogP) is 12.7. The molecular formula is C53H33N3. The number of rotatable bonds is 1. The fourth-order valence-corrected chi connectivity index (χ4v) is 11.2. The van der Waals surface area contributed by atoms with E-state index in [1.165, 1.54) is 105 Å². The summed E-state index contributed by atoms with van der Waals surface area (Å²) < 4.78 is 4.99. The van der Waals surface area contributed by atoms with Gasteiger partial charge in [-0.05, 0) is 110 Å². The van der Waals surface area contributed by atoms with Gasteiger partial charge in [0.15, 0.2) is 0 Å². The Bertz CT molecular complexity index is 3470. The lowest BCUT2D eigenvalue weighted by Gasteiger charge is -2.39. The molecule has 0 amide bonds. The zero-order valence-corrected chi connectivity index (χ0v) is 30.9. The Hall–Kier alpha value is -7.15. The molecule has 13 rings (SSSR count). The largest absolute Gasteiger partial charge is 0.309 e. The summed E-state index contributed by atoms with van der Waals surface area (Å²) in [6.45, 7) is 4.58. The van der Waals surface area contributed by atoms with Gasteiger partial charge in [0.25, 0.3) is 0 Å². The summed E-state index contributed by atoms with van der Waals surface area (Å²) in [6, 6.07) is 63.5. The van der Waals surface area contributed by atoms with Gasteiger partial charge in [-0.1, -0.05) is 123 Å². The van der Waals surface area contributed by atoms with Gasteiger partial charge in [-0.2, -0.15) is 5.26 Å². The lowest BCUT2D eigenvalue weighted by Crippen LogP contribution is -2.33. The Kier molecular flexibility index (Phi) is 5.46. The van der Waals surface area contributed by atoms with Gasteiger partial charge in [-0.25, -0.2) is 0 Å². The second kappa shape index (κ2) is 10.1. The van der Waals surface area contributed by atoms with Crippen LogP contribution in [0.4, 0.5) is 0 Å². The van der Waals surface area contributed by atoms with Crippen LogP contribution in [0, 0.1) is 11.3 Å². The monoisotopic (exact) mass is 711 g/mol. The Morgan fingerprint density at radius 1 is 0.429 bits per heavy atom. The maximum atomic E-state index is 9.74. The zero-order chi connectivity index (χ0) is 37.1. The minimum Gasteiger partial charge on any atom is -0.309 e. The highest BCUT2D eigenvalue weighted by atomic mass is 15.0. The molecule has 0 saturated heterocycles. The minimum atomic E-state index is -0.505. The van der Waals surface area contributed by atoms with Gasteiger partial charge < -0.3 is 9.13 Å². The summed E-state index contributed by atoms with van der Waals surface area (Å²) in [5.41, 5.74) is 20.2. The smallest absolute Gasteiger partial charge is 0.0991 e. The summed E-state index contributed by atoms with van der Waals surface area (Å²) in [5.74, 6) is 0. The molecule has 1 unspecified atom stereocenters. The van der Waals surface area contributed by atoms with E-state index in [4.69, 9.17) is 0 Å². The molecule has 0 saturated carbocycles. The third-order valence-corrected chi connectivity index (χ3v) is 13.5. The Morgan fingerprint density at radius 2 is 1.05 bits per heavy atom. The molecule has 3 heteroatoms. The van der Waals surface area contributed by atoms with E-state index in [1.54, 1.807) is 0 Å². The summed E-state index contributed by atoms with van der Waals surface area (Å²) in [6.07, 6.45) is 0. The van der Waals surface area contributed by atoms with Crippen LogP contribution in [0.2, 0.25) is 0 Å². The number of hydrogen-bond acceptors (Lipinski definition) is 1. The van der Waals surface area contributed by atoms with Crippen molar-refractivity contribution in [3.8, 4) is 39.7 Å². The molecule has 3 nitrogen and oxygen atoms in total. The highest BCUT2D eigenvalue weighted by Crippen LogP contribution is 2.62. The van der Waals surface area contributed by atoms with E-state index < -0.39 is 5.41 Å². The zero-order valence-electron chi connectivity index (χ0n) is 30.9. The molecule has 0 fully saturated rings. The van der Waals surface area contributed by atoms with Gasteiger partial charge in [0.05, 0.1) is 44.8 Å². The minimum absolute atomic E-state index is 0.239. The van der Waals surface area contributed by atoms with Crippen LogP contribution < -0.4 is 0 Å². The van der Waals surface area contributed by atoms with Gasteiger partial charge in [0, 0.05) is 32.6 Å². The number of hydrogen-bond donors (Lipinski definition) is 0. The molecule has 260 valence electrons. The van der Waals surface area contributed by atoms with Crippen LogP contribution in [-0.4, -0.2) is 9.13 Å². The predicted molar refractivity (Wildman–Crippen MR) is 228 cm³/mol. The molecule has 1 atom stereocenters. The fourth-order valence-electron chi connectivity index (χ4n) is 11.2. The molecule has 1 aliphatic heterocycles. The normalized spacial score (nSPS) is 16.6. The standard InChI is InChI=1S/C53H33N3/c1-52(2)44-26-31(30-54)22-24-34(44)35-25-23-32(27-45(35)52)55-47-19-8-5-14-37(47)40-28-46-39(29-50(40)55)33-12-3-6-16-41(33)53(46)42-17-7-10-21-49(42)56-48-20-9-4-13-36(48)38-15-11-18-43(53)51(38)56/h3-29H,1-2H3. The third-order valence-electron chi connectivity index (χ3n) is 13.5. The highest BCUT2D eigenvalue weighted by molar-refractivity contribution is 6.15. The quantitative estimate of drug-likeness (QED) is 0.167. The Balaban J connectivity index is 1.14. The van der Waals surface area contributed by atoms with Crippen LogP contribution in [0.25, 0.3) is 77.2 Å². The van der Waals surface area contributed by atoms with Crippen molar-refractivity contribution in [2.24, 2.45) is 0 Å². The van der Waals surface area contributed by atoms with Crippen molar-refractivity contribution in [2.75, 3.05) is 0 Å². The number of aromatic nitrogens is 2. The summed E-state index contributed by atoms with van der Waals surface area (Å²) >= 11 is 0. The fraction of sp³-hybridized carbons (Fsp3) is 0.0755. The van der Waals surface area contributed by atoms with E-state index in [1.807, 2.05) is 6.07 Å². The second-order valence-corrected chi connectivity index (χ2v) is 16.4. The van der Waals surface area contributed by atoms with Crippen molar-refractivity contribution in [3.05, 3.63) is 203 Å². The Labute approximate surface area is 323 Å². The van der Waals surface area contributed by atoms with Crippen LogP contribution in [0.1, 0.15) is 52.8 Å². The van der Waals surface area contributed by atoms with Crippen molar-refractivity contribution in [1.82, 2.24) is 9.13 Å². The Morgan fingerprint density at radius 3 is 1.88 bits per heavy atom. The van der Waals surface area contributed by atoms with Gasteiger partial charge in [0.2, 0.25) is 0 Å². The SMILES string of the molecule is CC1(C)c2cc(C#N)ccc2-c2ccc(-n3c4ccccc4c4cc5c(cc43)-c3ccccc3C53c4ccccc4-n4c5ccccc5c5cccc3c54)cc21. The highest BCUT2D eigenvalue weighted by Gasteiger charge is 2.51. The maximum Gasteiger partial charge on any atom is 0.0991 e. The van der Waals surface area contributed by atoms with E-state index in [0.29, 0.717) is 5.56 Å². The average molecular weight is 712 g/mol. The van der Waals surface area contributed by atoms with Gasteiger partial charge >= 0.3 is 0 Å². The average Bonchev–Trinajstić information content (AvgIpc) is 3.92. The number of nitriles is 1. The molecule has 1 spiro atoms. The lowest BCUT2D eigenvalue weighted by molar-refractivity contribution is 0.659. The maximum absolute atomic E-state index is 9.74.